The van der Waals surface area contributed by atoms with Gasteiger partial charge < -0.3 is 14.4 Å². The number of para-hydroxylation sites is 2. The van der Waals surface area contributed by atoms with Crippen LogP contribution in [0.4, 0.5) is 0 Å². The van der Waals surface area contributed by atoms with Gasteiger partial charge in [0.2, 0.25) is 0 Å². The molecule has 0 saturated heterocycles. The lowest BCUT2D eigenvalue weighted by atomic mass is 10.2. The highest BCUT2D eigenvalue weighted by Gasteiger charge is 2.21. The molecule has 2 rings (SSSR count). The van der Waals surface area contributed by atoms with Crippen LogP contribution in [-0.4, -0.2) is 37.2 Å². The van der Waals surface area contributed by atoms with Crippen LogP contribution in [0.25, 0.3) is 0 Å². The first-order valence-corrected chi connectivity index (χ1v) is 5.94. The molecule has 0 radical (unpaired) electrons. The Balaban J connectivity index is 1.97. The van der Waals surface area contributed by atoms with Gasteiger partial charge in [0.15, 0.2) is 11.5 Å². The van der Waals surface area contributed by atoms with Crippen LogP contribution in [-0.2, 0) is 0 Å². The third kappa shape index (κ3) is 2.47. The number of rotatable bonds is 4. The summed E-state index contributed by atoms with van der Waals surface area (Å²) >= 11 is 0. The van der Waals surface area contributed by atoms with E-state index < -0.39 is 0 Å². The fourth-order valence-corrected chi connectivity index (χ4v) is 1.92. The lowest BCUT2D eigenvalue weighted by Gasteiger charge is -2.30. The largest absolute Gasteiger partial charge is 0.486 e. The quantitative estimate of drug-likeness (QED) is 0.777. The summed E-state index contributed by atoms with van der Waals surface area (Å²) in [5, 5.41) is 0. The Morgan fingerprint density at radius 3 is 2.56 bits per heavy atom. The molecule has 0 fully saturated rings. The second-order valence-electron chi connectivity index (χ2n) is 3.98. The summed E-state index contributed by atoms with van der Waals surface area (Å²) in [6.45, 7) is 8.02. The summed E-state index contributed by atoms with van der Waals surface area (Å²) in [4.78, 5) is 2.35. The van der Waals surface area contributed by atoms with Crippen molar-refractivity contribution in [3.05, 3.63) is 24.3 Å². The Kier molecular flexibility index (Phi) is 3.67. The molecular formula is C13H19NO2. The van der Waals surface area contributed by atoms with Crippen LogP contribution in [0, 0.1) is 0 Å². The molecule has 0 spiro atoms. The van der Waals surface area contributed by atoms with Gasteiger partial charge in [-0.1, -0.05) is 26.0 Å². The minimum atomic E-state index is 0.148. The second kappa shape index (κ2) is 5.21. The van der Waals surface area contributed by atoms with Crippen LogP contribution in [0.2, 0.25) is 0 Å². The Labute approximate surface area is 97.0 Å². The number of hydrogen-bond acceptors (Lipinski definition) is 3. The summed E-state index contributed by atoms with van der Waals surface area (Å²) in [5.41, 5.74) is 0. The number of nitrogens with zero attached hydrogens (tertiary/aromatic N) is 1. The van der Waals surface area contributed by atoms with Crippen LogP contribution in [0.3, 0.4) is 0 Å². The van der Waals surface area contributed by atoms with Crippen molar-refractivity contribution in [2.75, 3.05) is 26.2 Å². The van der Waals surface area contributed by atoms with Crippen molar-refractivity contribution in [2.24, 2.45) is 0 Å². The fourth-order valence-electron chi connectivity index (χ4n) is 1.92. The molecule has 0 saturated carbocycles. The number of likely N-dealkylation sites (N-methyl/N-ethyl adjacent to an activating group) is 1. The van der Waals surface area contributed by atoms with E-state index in [1.807, 2.05) is 24.3 Å². The van der Waals surface area contributed by atoms with Gasteiger partial charge >= 0.3 is 0 Å². The molecule has 1 aliphatic rings. The molecule has 16 heavy (non-hydrogen) atoms. The molecule has 3 nitrogen and oxygen atoms in total. The van der Waals surface area contributed by atoms with Gasteiger partial charge in [0.25, 0.3) is 0 Å². The third-order valence-corrected chi connectivity index (χ3v) is 2.92. The Morgan fingerprint density at radius 2 is 1.88 bits per heavy atom. The molecule has 1 aromatic carbocycles. The molecule has 1 heterocycles. The Morgan fingerprint density at radius 1 is 1.19 bits per heavy atom. The first kappa shape index (κ1) is 11.3. The molecule has 0 N–H and O–H groups in total. The van der Waals surface area contributed by atoms with Gasteiger partial charge in [-0.15, -0.1) is 0 Å². The molecular weight excluding hydrogens is 202 g/mol. The van der Waals surface area contributed by atoms with Crippen molar-refractivity contribution in [1.29, 1.82) is 0 Å². The average molecular weight is 221 g/mol. The maximum atomic E-state index is 5.90. The molecule has 0 aromatic heterocycles. The lowest BCUT2D eigenvalue weighted by Crippen LogP contribution is -2.40. The summed E-state index contributed by atoms with van der Waals surface area (Å²) in [6.07, 6.45) is 0.148. The fraction of sp³-hybridized carbons (Fsp3) is 0.538. The number of ether oxygens (including phenoxy) is 2. The van der Waals surface area contributed by atoms with Crippen molar-refractivity contribution in [3.63, 3.8) is 0 Å². The van der Waals surface area contributed by atoms with E-state index in [1.54, 1.807) is 0 Å². The number of fused-ring (bicyclic) bond motifs is 1. The summed E-state index contributed by atoms with van der Waals surface area (Å²) in [7, 11) is 0. The van der Waals surface area contributed by atoms with Crippen LogP contribution in [0.1, 0.15) is 13.8 Å². The van der Waals surface area contributed by atoms with E-state index >= 15 is 0 Å². The Hall–Kier alpha value is -1.22. The number of benzene rings is 1. The molecule has 1 aromatic rings. The summed E-state index contributed by atoms with van der Waals surface area (Å²) in [5.74, 6) is 1.73. The van der Waals surface area contributed by atoms with Crippen molar-refractivity contribution >= 4 is 0 Å². The Bertz CT molecular complexity index is 336. The van der Waals surface area contributed by atoms with E-state index in [9.17, 15) is 0 Å². The van der Waals surface area contributed by atoms with Gasteiger partial charge in [0, 0.05) is 6.54 Å². The van der Waals surface area contributed by atoms with E-state index in [-0.39, 0.29) is 6.10 Å². The molecule has 0 unspecified atom stereocenters. The van der Waals surface area contributed by atoms with E-state index in [1.165, 1.54) is 0 Å². The van der Waals surface area contributed by atoms with Crippen LogP contribution >= 0.6 is 0 Å². The van der Waals surface area contributed by atoms with Crippen molar-refractivity contribution in [3.8, 4) is 11.5 Å². The molecule has 88 valence electrons. The van der Waals surface area contributed by atoms with Crippen molar-refractivity contribution in [1.82, 2.24) is 4.90 Å². The van der Waals surface area contributed by atoms with E-state index in [2.05, 4.69) is 18.7 Å². The van der Waals surface area contributed by atoms with E-state index in [4.69, 9.17) is 9.47 Å². The van der Waals surface area contributed by atoms with Crippen LogP contribution in [0.15, 0.2) is 24.3 Å². The maximum absolute atomic E-state index is 5.90. The molecule has 3 heteroatoms. The molecule has 0 amide bonds. The van der Waals surface area contributed by atoms with Crippen LogP contribution in [0.5, 0.6) is 11.5 Å². The standard InChI is InChI=1S/C13H19NO2/c1-3-14(4-2)9-11-10-15-12-7-5-6-8-13(12)16-11/h5-8,11H,3-4,9-10H2,1-2H3/t11-/m1/s1. The zero-order valence-electron chi connectivity index (χ0n) is 9.98. The smallest absolute Gasteiger partial charge is 0.161 e. The van der Waals surface area contributed by atoms with Gasteiger partial charge in [0.05, 0.1) is 0 Å². The molecule has 0 aliphatic carbocycles. The third-order valence-electron chi connectivity index (χ3n) is 2.92. The zero-order valence-corrected chi connectivity index (χ0v) is 9.98. The summed E-state index contributed by atoms with van der Waals surface area (Å²) in [6, 6.07) is 7.85. The van der Waals surface area contributed by atoms with Gasteiger partial charge in [-0.05, 0) is 25.2 Å². The van der Waals surface area contributed by atoms with Crippen LogP contribution < -0.4 is 9.47 Å². The van der Waals surface area contributed by atoms with Crippen molar-refractivity contribution < 1.29 is 9.47 Å². The maximum Gasteiger partial charge on any atom is 0.161 e. The second-order valence-corrected chi connectivity index (χ2v) is 3.98. The minimum Gasteiger partial charge on any atom is -0.486 e. The zero-order chi connectivity index (χ0) is 11.4. The normalized spacial score (nSPS) is 18.8. The molecule has 1 aliphatic heterocycles. The van der Waals surface area contributed by atoms with Gasteiger partial charge in [-0.3, -0.25) is 0 Å². The molecule has 1 atom stereocenters. The highest BCUT2D eigenvalue weighted by Crippen LogP contribution is 2.30. The lowest BCUT2D eigenvalue weighted by molar-refractivity contribution is 0.0615. The predicted molar refractivity (Wildman–Crippen MR) is 64.1 cm³/mol. The van der Waals surface area contributed by atoms with Gasteiger partial charge in [-0.25, -0.2) is 0 Å². The summed E-state index contributed by atoms with van der Waals surface area (Å²) < 4.78 is 11.6. The highest BCUT2D eigenvalue weighted by molar-refractivity contribution is 5.40. The highest BCUT2D eigenvalue weighted by atomic mass is 16.6. The topological polar surface area (TPSA) is 21.7 Å². The number of hydrogen-bond donors (Lipinski definition) is 0. The van der Waals surface area contributed by atoms with Gasteiger partial charge in [0.1, 0.15) is 12.7 Å². The average Bonchev–Trinajstić information content (AvgIpc) is 2.35. The molecule has 0 bridgehead atoms. The van der Waals surface area contributed by atoms with Crippen molar-refractivity contribution in [2.45, 2.75) is 20.0 Å². The SMILES string of the molecule is CCN(CC)C[C@@H]1COc2ccccc2O1. The monoisotopic (exact) mass is 221 g/mol. The predicted octanol–water partition coefficient (Wildman–Crippen LogP) is 2.17. The van der Waals surface area contributed by atoms with E-state index in [0.29, 0.717) is 6.61 Å². The first-order chi connectivity index (χ1) is 7.83. The minimum absolute atomic E-state index is 0.148. The van der Waals surface area contributed by atoms with Gasteiger partial charge in [-0.2, -0.15) is 0 Å². The van der Waals surface area contributed by atoms with E-state index in [0.717, 1.165) is 31.1 Å². The first-order valence-electron chi connectivity index (χ1n) is 5.94.